The minimum atomic E-state index is -1.15. The zero-order chi connectivity index (χ0) is 10.4. The molecule has 0 saturated carbocycles. The van der Waals surface area contributed by atoms with Crippen LogP contribution in [-0.2, 0) is 14.3 Å². The molecule has 0 aliphatic rings. The van der Waals surface area contributed by atoms with E-state index in [2.05, 4.69) is 17.9 Å². The summed E-state index contributed by atoms with van der Waals surface area (Å²) in [6.45, 7) is 6.58. The first kappa shape index (κ1) is 11.7. The number of hydrogen-bond acceptors (Lipinski definition) is 3. The van der Waals surface area contributed by atoms with Crippen molar-refractivity contribution in [1.29, 1.82) is 0 Å². The Morgan fingerprint density at radius 3 is 2.31 bits per heavy atom. The van der Waals surface area contributed by atoms with E-state index in [0.29, 0.717) is 0 Å². The van der Waals surface area contributed by atoms with Gasteiger partial charge in [0.15, 0.2) is 0 Å². The Labute approximate surface area is 80.4 Å². The highest BCUT2D eigenvalue weighted by atomic mass is 35.5. The van der Waals surface area contributed by atoms with Gasteiger partial charge in [0, 0.05) is 12.0 Å². The maximum atomic E-state index is 10.6. The van der Waals surface area contributed by atoms with Crippen molar-refractivity contribution in [3.05, 3.63) is 24.5 Å². The van der Waals surface area contributed by atoms with E-state index in [1.807, 2.05) is 0 Å². The molecule has 13 heavy (non-hydrogen) atoms. The second-order valence-electron chi connectivity index (χ2n) is 2.23. The van der Waals surface area contributed by atoms with E-state index >= 15 is 0 Å². The quantitative estimate of drug-likeness (QED) is 0.318. The fourth-order valence-electron chi connectivity index (χ4n) is 0.538. The molecule has 4 nitrogen and oxygen atoms in total. The smallest absolute Gasteiger partial charge is 0.331 e. The lowest BCUT2D eigenvalue weighted by atomic mass is 10.2. The highest BCUT2D eigenvalue weighted by molar-refractivity contribution is 6.26. The van der Waals surface area contributed by atoms with Gasteiger partial charge in [0.2, 0.25) is 0 Å². The molecule has 0 bridgehead atoms. The van der Waals surface area contributed by atoms with Gasteiger partial charge in [-0.2, -0.15) is 0 Å². The number of ether oxygens (including phenoxy) is 1. The van der Waals surface area contributed by atoms with Crippen molar-refractivity contribution in [2.45, 2.75) is 6.42 Å². The molecule has 0 aromatic heterocycles. The predicted octanol–water partition coefficient (Wildman–Crippen LogP) is 1.31. The molecule has 0 aliphatic carbocycles. The van der Waals surface area contributed by atoms with Crippen LogP contribution in [0.3, 0.4) is 0 Å². The summed E-state index contributed by atoms with van der Waals surface area (Å²) in [5.74, 6) is -2.08. The van der Waals surface area contributed by atoms with Crippen molar-refractivity contribution in [3.63, 3.8) is 0 Å². The molecule has 1 N–H and O–H groups in total. The van der Waals surface area contributed by atoms with Gasteiger partial charge in [-0.25, -0.2) is 4.79 Å². The van der Waals surface area contributed by atoms with Crippen molar-refractivity contribution in [2.24, 2.45) is 0 Å². The summed E-state index contributed by atoms with van der Waals surface area (Å²) in [7, 11) is 0. The van der Waals surface area contributed by atoms with Gasteiger partial charge in [0.25, 0.3) is 0 Å². The Morgan fingerprint density at radius 2 is 1.92 bits per heavy atom. The van der Waals surface area contributed by atoms with Crippen LogP contribution in [0.25, 0.3) is 0 Å². The molecule has 0 saturated heterocycles. The summed E-state index contributed by atoms with van der Waals surface area (Å²) in [6, 6.07) is 0. The Hall–Kier alpha value is -1.29. The lowest BCUT2D eigenvalue weighted by molar-refractivity contribution is -0.137. The van der Waals surface area contributed by atoms with E-state index in [9.17, 15) is 9.59 Å². The molecule has 0 aromatic carbocycles. The van der Waals surface area contributed by atoms with Crippen LogP contribution in [0.4, 0.5) is 0 Å². The van der Waals surface area contributed by atoms with E-state index in [-0.39, 0.29) is 23.6 Å². The van der Waals surface area contributed by atoms with Crippen LogP contribution in [0.1, 0.15) is 6.42 Å². The van der Waals surface area contributed by atoms with Gasteiger partial charge in [0.05, 0.1) is 0 Å². The molecule has 0 rings (SSSR count). The van der Waals surface area contributed by atoms with Crippen LogP contribution in [0, 0.1) is 0 Å². The van der Waals surface area contributed by atoms with Crippen LogP contribution >= 0.6 is 11.6 Å². The Kier molecular flexibility index (Phi) is 4.84. The van der Waals surface area contributed by atoms with Crippen LogP contribution in [0.2, 0.25) is 0 Å². The maximum absolute atomic E-state index is 10.6. The van der Waals surface area contributed by atoms with Crippen LogP contribution < -0.4 is 0 Å². The van der Waals surface area contributed by atoms with Crippen LogP contribution in [0.5, 0.6) is 0 Å². The molecule has 0 aromatic rings. The number of carbonyl (C=O) groups is 2. The fraction of sp³-hybridized carbons (Fsp3) is 0.250. The van der Waals surface area contributed by atoms with Crippen LogP contribution in [0.15, 0.2) is 24.5 Å². The third kappa shape index (κ3) is 5.03. The lowest BCUT2D eigenvalue weighted by Crippen LogP contribution is -2.07. The number of allylic oxidation sites excluding steroid dienone is 1. The molecule has 0 fully saturated rings. The van der Waals surface area contributed by atoms with E-state index in [4.69, 9.17) is 16.7 Å². The summed E-state index contributed by atoms with van der Waals surface area (Å²) in [5, 5.41) is 8.42. The molecule has 0 amide bonds. The van der Waals surface area contributed by atoms with Gasteiger partial charge in [-0.05, 0) is 0 Å². The molecular weight excluding hydrogens is 196 g/mol. The number of carboxylic acids is 1. The summed E-state index contributed by atoms with van der Waals surface area (Å²) < 4.78 is 4.53. The fourth-order valence-corrected chi connectivity index (χ4v) is 0.593. The van der Waals surface area contributed by atoms with Gasteiger partial charge in [-0.3, -0.25) is 4.79 Å². The minimum absolute atomic E-state index is 0.0260. The highest BCUT2D eigenvalue weighted by Gasteiger charge is 2.09. The van der Waals surface area contributed by atoms with Gasteiger partial charge < -0.3 is 9.84 Å². The molecule has 0 unspecified atom stereocenters. The number of alkyl halides is 1. The largest absolute Gasteiger partial charge is 0.478 e. The molecule has 0 aliphatic heterocycles. The summed E-state index contributed by atoms with van der Waals surface area (Å²) in [4.78, 5) is 20.9. The SMILES string of the molecule is C=C(CC(=C)C(=O)O)OC(=O)CCl. The Balaban J connectivity index is 3.95. The first-order valence-electron chi connectivity index (χ1n) is 3.33. The first-order valence-corrected chi connectivity index (χ1v) is 3.86. The normalized spacial score (nSPS) is 9.00. The zero-order valence-electron chi connectivity index (χ0n) is 6.88. The third-order valence-corrected chi connectivity index (χ3v) is 1.30. The maximum Gasteiger partial charge on any atom is 0.331 e. The van der Waals surface area contributed by atoms with Crippen molar-refractivity contribution in [1.82, 2.24) is 0 Å². The number of esters is 1. The number of hydrogen-bond donors (Lipinski definition) is 1. The van der Waals surface area contributed by atoms with E-state index in [1.165, 1.54) is 0 Å². The molecule has 72 valence electrons. The Morgan fingerprint density at radius 1 is 1.38 bits per heavy atom. The standard InChI is InChI=1S/C8H9ClO4/c1-5(8(11)12)3-6(2)13-7(10)4-9/h1-4H2,(H,11,12). The van der Waals surface area contributed by atoms with Gasteiger partial charge in [-0.1, -0.05) is 13.2 Å². The highest BCUT2D eigenvalue weighted by Crippen LogP contribution is 2.09. The zero-order valence-corrected chi connectivity index (χ0v) is 7.63. The molecule has 0 radical (unpaired) electrons. The van der Waals surface area contributed by atoms with Gasteiger partial charge in [0.1, 0.15) is 11.6 Å². The average molecular weight is 205 g/mol. The average Bonchev–Trinajstić information content (AvgIpc) is 2.03. The van der Waals surface area contributed by atoms with Gasteiger partial charge in [-0.15, -0.1) is 11.6 Å². The Bertz CT molecular complexity index is 257. The molecule has 5 heteroatoms. The number of aliphatic carboxylic acids is 1. The molecule has 0 heterocycles. The topological polar surface area (TPSA) is 63.6 Å². The second kappa shape index (κ2) is 5.37. The number of halogens is 1. The minimum Gasteiger partial charge on any atom is -0.478 e. The third-order valence-electron chi connectivity index (χ3n) is 1.08. The molecular formula is C8H9ClO4. The monoisotopic (exact) mass is 204 g/mol. The van der Waals surface area contributed by atoms with Crippen molar-refractivity contribution in [3.8, 4) is 0 Å². The first-order chi connectivity index (χ1) is 5.97. The lowest BCUT2D eigenvalue weighted by Gasteiger charge is -2.04. The van der Waals surface area contributed by atoms with Gasteiger partial charge >= 0.3 is 11.9 Å². The number of carboxylic acid groups (broad SMARTS) is 1. The molecule has 0 atom stereocenters. The summed E-state index contributed by atoms with van der Waals surface area (Å²) in [5.41, 5.74) is -0.0904. The number of carbonyl (C=O) groups excluding carboxylic acids is 1. The van der Waals surface area contributed by atoms with E-state index in [1.54, 1.807) is 0 Å². The summed E-state index contributed by atoms with van der Waals surface area (Å²) >= 11 is 5.14. The van der Waals surface area contributed by atoms with E-state index in [0.717, 1.165) is 0 Å². The van der Waals surface area contributed by atoms with E-state index < -0.39 is 11.9 Å². The van der Waals surface area contributed by atoms with Crippen molar-refractivity contribution >= 4 is 23.5 Å². The van der Waals surface area contributed by atoms with Crippen molar-refractivity contribution in [2.75, 3.05) is 5.88 Å². The van der Waals surface area contributed by atoms with Crippen LogP contribution in [-0.4, -0.2) is 22.9 Å². The predicted molar refractivity (Wildman–Crippen MR) is 47.3 cm³/mol. The second-order valence-corrected chi connectivity index (χ2v) is 2.50. The van der Waals surface area contributed by atoms with Crippen molar-refractivity contribution < 1.29 is 19.4 Å². The number of rotatable bonds is 5. The summed E-state index contributed by atoms with van der Waals surface area (Å²) in [6.07, 6.45) is -0.0854. The molecule has 0 spiro atoms.